The van der Waals surface area contributed by atoms with Gasteiger partial charge in [0.1, 0.15) is 0 Å². The number of likely N-dealkylation sites (tertiary alicyclic amines) is 1. The Balaban J connectivity index is 1.56. The van der Waals surface area contributed by atoms with Crippen LogP contribution in [-0.2, 0) is 11.3 Å². The van der Waals surface area contributed by atoms with Crippen molar-refractivity contribution in [1.82, 2.24) is 15.5 Å². The summed E-state index contributed by atoms with van der Waals surface area (Å²) in [7, 11) is 3.54. The van der Waals surface area contributed by atoms with E-state index in [-0.39, 0.29) is 5.91 Å². The highest BCUT2D eigenvalue weighted by Gasteiger charge is 2.23. The molecular weight excluding hydrogens is 360 g/mol. The van der Waals surface area contributed by atoms with Gasteiger partial charge in [0.15, 0.2) is 5.96 Å². The first-order valence-electron chi connectivity index (χ1n) is 10.4. The number of amides is 1. The fraction of sp³-hybridized carbons (Fsp3) is 0.417. The van der Waals surface area contributed by atoms with Crippen LogP contribution in [0.3, 0.4) is 0 Å². The van der Waals surface area contributed by atoms with E-state index in [2.05, 4.69) is 76.0 Å². The van der Waals surface area contributed by atoms with Gasteiger partial charge >= 0.3 is 0 Å². The van der Waals surface area contributed by atoms with Crippen LogP contribution in [0.2, 0.25) is 0 Å². The summed E-state index contributed by atoms with van der Waals surface area (Å²) in [5.41, 5.74) is 4.98. The Labute approximate surface area is 174 Å². The van der Waals surface area contributed by atoms with Crippen molar-refractivity contribution in [2.75, 3.05) is 27.2 Å². The maximum Gasteiger partial charge on any atom is 0.220 e. The molecule has 2 N–H and O–H groups in total. The highest BCUT2D eigenvalue weighted by Crippen LogP contribution is 2.22. The fourth-order valence-electron chi connectivity index (χ4n) is 3.91. The lowest BCUT2D eigenvalue weighted by molar-refractivity contribution is -0.121. The number of carbonyl (C=O) groups is 1. The molecular formula is C24H32N4O. The summed E-state index contributed by atoms with van der Waals surface area (Å²) < 4.78 is 0. The SMILES string of the molecule is CN=C(NCc1cccc(-c2cccc(C)c2)c1)N1CCC(CC(=O)NC)CC1. The standard InChI is InChI=1S/C24H32N4O/c1-18-6-4-8-21(14-18)22-9-5-7-20(15-22)17-27-24(26-3)28-12-10-19(11-13-28)16-23(29)25-2/h4-9,14-15,19H,10-13,16-17H2,1-3H3,(H,25,29)(H,26,27). The van der Waals surface area contributed by atoms with Gasteiger partial charge < -0.3 is 15.5 Å². The molecule has 1 aliphatic rings. The van der Waals surface area contributed by atoms with Crippen LogP contribution in [0.15, 0.2) is 53.5 Å². The van der Waals surface area contributed by atoms with Crippen molar-refractivity contribution >= 4 is 11.9 Å². The number of aliphatic imine (C=N–C) groups is 1. The second-order valence-corrected chi connectivity index (χ2v) is 7.78. The van der Waals surface area contributed by atoms with Crippen molar-refractivity contribution in [1.29, 1.82) is 0 Å². The molecule has 5 nitrogen and oxygen atoms in total. The van der Waals surface area contributed by atoms with Gasteiger partial charge in [-0.05, 0) is 48.4 Å². The minimum atomic E-state index is 0.138. The van der Waals surface area contributed by atoms with Crippen LogP contribution in [0.4, 0.5) is 0 Å². The fourth-order valence-corrected chi connectivity index (χ4v) is 3.91. The minimum absolute atomic E-state index is 0.138. The summed E-state index contributed by atoms with van der Waals surface area (Å²) in [4.78, 5) is 18.4. The molecule has 1 aliphatic heterocycles. The number of hydrogen-bond donors (Lipinski definition) is 2. The molecule has 1 heterocycles. The van der Waals surface area contributed by atoms with Crippen molar-refractivity contribution in [3.8, 4) is 11.1 Å². The van der Waals surface area contributed by atoms with Gasteiger partial charge in [-0.3, -0.25) is 9.79 Å². The second-order valence-electron chi connectivity index (χ2n) is 7.78. The molecule has 1 amide bonds. The minimum Gasteiger partial charge on any atom is -0.359 e. The van der Waals surface area contributed by atoms with Gasteiger partial charge in [-0.15, -0.1) is 0 Å². The van der Waals surface area contributed by atoms with Crippen LogP contribution in [0.5, 0.6) is 0 Å². The molecule has 2 aromatic rings. The van der Waals surface area contributed by atoms with E-state index < -0.39 is 0 Å². The zero-order valence-corrected chi connectivity index (χ0v) is 17.7. The zero-order chi connectivity index (χ0) is 20.6. The van der Waals surface area contributed by atoms with E-state index in [9.17, 15) is 4.79 Å². The molecule has 0 bridgehead atoms. The van der Waals surface area contributed by atoms with Crippen LogP contribution in [0.1, 0.15) is 30.4 Å². The summed E-state index contributed by atoms with van der Waals surface area (Å²) in [6.07, 6.45) is 2.68. The smallest absolute Gasteiger partial charge is 0.220 e. The van der Waals surface area contributed by atoms with Gasteiger partial charge in [-0.1, -0.05) is 48.0 Å². The molecule has 0 aromatic heterocycles. The molecule has 0 radical (unpaired) electrons. The molecule has 29 heavy (non-hydrogen) atoms. The average Bonchev–Trinajstić information content (AvgIpc) is 2.75. The number of nitrogens with zero attached hydrogens (tertiary/aromatic N) is 2. The van der Waals surface area contributed by atoms with E-state index in [1.165, 1.54) is 22.3 Å². The van der Waals surface area contributed by atoms with Gasteiger partial charge in [-0.2, -0.15) is 0 Å². The number of carbonyl (C=O) groups excluding carboxylic acids is 1. The summed E-state index contributed by atoms with van der Waals surface area (Å²) in [6, 6.07) is 17.3. The molecule has 0 unspecified atom stereocenters. The molecule has 0 atom stereocenters. The molecule has 5 heteroatoms. The third-order valence-corrected chi connectivity index (χ3v) is 5.61. The summed E-state index contributed by atoms with van der Waals surface area (Å²) >= 11 is 0. The molecule has 0 aliphatic carbocycles. The molecule has 1 saturated heterocycles. The lowest BCUT2D eigenvalue weighted by Gasteiger charge is -2.34. The van der Waals surface area contributed by atoms with Crippen LogP contribution in [-0.4, -0.2) is 44.0 Å². The Morgan fingerprint density at radius 1 is 1.10 bits per heavy atom. The highest BCUT2D eigenvalue weighted by molar-refractivity contribution is 5.80. The Hall–Kier alpha value is -2.82. The third-order valence-electron chi connectivity index (χ3n) is 5.61. The van der Waals surface area contributed by atoms with Gasteiger partial charge in [-0.25, -0.2) is 0 Å². The lowest BCUT2D eigenvalue weighted by Crippen LogP contribution is -2.45. The Bertz CT molecular complexity index is 853. The normalized spacial score (nSPS) is 15.3. The molecule has 3 rings (SSSR count). The van der Waals surface area contributed by atoms with E-state index in [1.807, 2.05) is 7.05 Å². The summed E-state index contributed by atoms with van der Waals surface area (Å²) in [5.74, 6) is 1.54. The van der Waals surface area contributed by atoms with E-state index in [4.69, 9.17) is 0 Å². The predicted molar refractivity (Wildman–Crippen MR) is 120 cm³/mol. The van der Waals surface area contributed by atoms with Crippen molar-refractivity contribution in [2.24, 2.45) is 10.9 Å². The van der Waals surface area contributed by atoms with E-state index in [0.717, 1.165) is 38.4 Å². The highest BCUT2D eigenvalue weighted by atomic mass is 16.1. The van der Waals surface area contributed by atoms with Crippen molar-refractivity contribution in [3.05, 3.63) is 59.7 Å². The largest absolute Gasteiger partial charge is 0.359 e. The van der Waals surface area contributed by atoms with E-state index in [1.54, 1.807) is 7.05 Å². The molecule has 1 fully saturated rings. The molecule has 0 spiro atoms. The van der Waals surface area contributed by atoms with E-state index in [0.29, 0.717) is 12.3 Å². The monoisotopic (exact) mass is 392 g/mol. The van der Waals surface area contributed by atoms with Crippen LogP contribution >= 0.6 is 0 Å². The quantitative estimate of drug-likeness (QED) is 0.604. The number of hydrogen-bond acceptors (Lipinski definition) is 2. The molecule has 2 aromatic carbocycles. The van der Waals surface area contributed by atoms with Gasteiger partial charge in [0.2, 0.25) is 5.91 Å². The Kier molecular flexibility index (Phi) is 7.28. The van der Waals surface area contributed by atoms with Crippen LogP contribution in [0.25, 0.3) is 11.1 Å². The Morgan fingerprint density at radius 2 is 1.79 bits per heavy atom. The first-order valence-corrected chi connectivity index (χ1v) is 10.4. The maximum atomic E-state index is 11.6. The first kappa shape index (κ1) is 20.9. The van der Waals surface area contributed by atoms with Crippen molar-refractivity contribution in [2.45, 2.75) is 32.7 Å². The third kappa shape index (κ3) is 5.83. The first-order chi connectivity index (χ1) is 14.1. The topological polar surface area (TPSA) is 56.7 Å². The second kappa shape index (κ2) is 10.1. The molecule has 154 valence electrons. The number of benzene rings is 2. The average molecular weight is 393 g/mol. The number of piperidine rings is 1. The van der Waals surface area contributed by atoms with Gasteiger partial charge in [0, 0.05) is 40.2 Å². The number of rotatable bonds is 5. The van der Waals surface area contributed by atoms with Crippen LogP contribution < -0.4 is 10.6 Å². The number of guanidine groups is 1. The lowest BCUT2D eigenvalue weighted by atomic mass is 9.93. The number of aryl methyl sites for hydroxylation is 1. The molecule has 0 saturated carbocycles. The van der Waals surface area contributed by atoms with E-state index >= 15 is 0 Å². The van der Waals surface area contributed by atoms with Crippen molar-refractivity contribution in [3.63, 3.8) is 0 Å². The zero-order valence-electron chi connectivity index (χ0n) is 17.7. The summed E-state index contributed by atoms with van der Waals surface area (Å²) in [6.45, 7) is 4.73. The van der Waals surface area contributed by atoms with Gasteiger partial charge in [0.25, 0.3) is 0 Å². The Morgan fingerprint density at radius 3 is 2.45 bits per heavy atom. The summed E-state index contributed by atoms with van der Waals surface area (Å²) in [5, 5.41) is 6.24. The van der Waals surface area contributed by atoms with Crippen LogP contribution in [0, 0.1) is 12.8 Å². The predicted octanol–water partition coefficient (Wildman–Crippen LogP) is 3.59. The van der Waals surface area contributed by atoms with Crippen molar-refractivity contribution < 1.29 is 4.79 Å². The number of nitrogens with one attached hydrogen (secondary N) is 2. The maximum absolute atomic E-state index is 11.6. The van der Waals surface area contributed by atoms with Gasteiger partial charge in [0.05, 0.1) is 0 Å².